The molecule has 0 bridgehead atoms. The van der Waals surface area contributed by atoms with E-state index in [9.17, 15) is 19.8 Å². The first kappa shape index (κ1) is 30.0. The molecule has 2 fully saturated rings. The van der Waals surface area contributed by atoms with Crippen LogP contribution in [-0.4, -0.2) is 83.7 Å². The number of amides is 2. The Labute approximate surface area is 225 Å². The standard InChI is InChI=1S/C28H44N2O8/c1-6-18(7-2)15-30(27(34)38-28(3,4)5)16-23(32)22(14-19-8-10-20(31)11-9-19)29-26(33)37-24-17-36-25-21(24)12-13-35-25/h8-11,18,21-25,31-32H,6-7,12-17H2,1-5H3,(H,29,33)/t21-,22+,23+,24-,25+/m0/s1. The molecular weight excluding hydrogens is 492 g/mol. The summed E-state index contributed by atoms with van der Waals surface area (Å²) in [6.07, 6.45) is -0.293. The molecule has 0 radical (unpaired) electrons. The van der Waals surface area contributed by atoms with E-state index in [1.807, 2.05) is 0 Å². The molecule has 0 aliphatic carbocycles. The molecule has 3 N–H and O–H groups in total. The minimum Gasteiger partial charge on any atom is -0.508 e. The third-order valence-corrected chi connectivity index (χ3v) is 7.10. The maximum Gasteiger partial charge on any atom is 0.410 e. The molecule has 38 heavy (non-hydrogen) atoms. The number of nitrogens with one attached hydrogen (secondary N) is 1. The van der Waals surface area contributed by atoms with Crippen molar-refractivity contribution in [1.29, 1.82) is 0 Å². The molecule has 5 atom stereocenters. The van der Waals surface area contributed by atoms with Crippen LogP contribution in [0.25, 0.3) is 0 Å². The first-order valence-corrected chi connectivity index (χ1v) is 13.6. The number of hydrogen-bond acceptors (Lipinski definition) is 8. The number of benzene rings is 1. The molecule has 2 saturated heterocycles. The van der Waals surface area contributed by atoms with E-state index in [-0.39, 0.29) is 43.4 Å². The topological polar surface area (TPSA) is 127 Å². The van der Waals surface area contributed by atoms with Gasteiger partial charge in [-0.2, -0.15) is 0 Å². The van der Waals surface area contributed by atoms with Gasteiger partial charge in [0.1, 0.15) is 17.5 Å². The van der Waals surface area contributed by atoms with Gasteiger partial charge in [0.25, 0.3) is 0 Å². The summed E-state index contributed by atoms with van der Waals surface area (Å²) in [5.74, 6) is 0.352. The van der Waals surface area contributed by atoms with E-state index in [4.69, 9.17) is 18.9 Å². The summed E-state index contributed by atoms with van der Waals surface area (Å²) in [5, 5.41) is 23.8. The average molecular weight is 537 g/mol. The van der Waals surface area contributed by atoms with E-state index in [1.54, 1.807) is 45.0 Å². The van der Waals surface area contributed by atoms with Crippen molar-refractivity contribution >= 4 is 12.2 Å². The average Bonchev–Trinajstić information content (AvgIpc) is 3.46. The van der Waals surface area contributed by atoms with Gasteiger partial charge in [-0.3, -0.25) is 0 Å². The molecule has 2 heterocycles. The fraction of sp³-hybridized carbons (Fsp3) is 0.714. The maximum absolute atomic E-state index is 13.1. The number of phenols is 1. The van der Waals surface area contributed by atoms with Crippen LogP contribution in [0.1, 0.15) is 59.4 Å². The van der Waals surface area contributed by atoms with Gasteiger partial charge in [0.15, 0.2) is 6.29 Å². The number of carbonyl (C=O) groups is 2. The summed E-state index contributed by atoms with van der Waals surface area (Å²) in [6, 6.07) is 5.78. The highest BCUT2D eigenvalue weighted by atomic mass is 16.7. The Morgan fingerprint density at radius 3 is 2.45 bits per heavy atom. The van der Waals surface area contributed by atoms with Gasteiger partial charge in [-0.15, -0.1) is 0 Å². The van der Waals surface area contributed by atoms with Crippen LogP contribution in [0.3, 0.4) is 0 Å². The molecule has 2 aliphatic heterocycles. The van der Waals surface area contributed by atoms with Crippen molar-refractivity contribution in [3.05, 3.63) is 29.8 Å². The molecule has 3 rings (SSSR count). The second kappa shape index (κ2) is 13.5. The van der Waals surface area contributed by atoms with Crippen molar-refractivity contribution in [1.82, 2.24) is 10.2 Å². The van der Waals surface area contributed by atoms with Gasteiger partial charge < -0.3 is 39.4 Å². The monoisotopic (exact) mass is 536 g/mol. The number of phenolic OH excluding ortho intramolecular Hbond substituents is 1. The summed E-state index contributed by atoms with van der Waals surface area (Å²) in [4.78, 5) is 27.5. The molecule has 10 nitrogen and oxygen atoms in total. The van der Waals surface area contributed by atoms with E-state index >= 15 is 0 Å². The highest BCUT2D eigenvalue weighted by molar-refractivity contribution is 5.69. The molecule has 214 valence electrons. The van der Waals surface area contributed by atoms with Crippen molar-refractivity contribution in [2.24, 2.45) is 11.8 Å². The zero-order chi connectivity index (χ0) is 27.9. The number of aliphatic hydroxyl groups is 1. The lowest BCUT2D eigenvalue weighted by Gasteiger charge is -2.33. The summed E-state index contributed by atoms with van der Waals surface area (Å²) < 4.78 is 22.4. The molecular formula is C28H44N2O8. The van der Waals surface area contributed by atoms with Crippen molar-refractivity contribution in [3.63, 3.8) is 0 Å². The van der Waals surface area contributed by atoms with Crippen molar-refractivity contribution < 1.29 is 38.7 Å². The lowest BCUT2D eigenvalue weighted by molar-refractivity contribution is -0.0907. The predicted octanol–water partition coefficient (Wildman–Crippen LogP) is 3.83. The Bertz CT molecular complexity index is 899. The highest BCUT2D eigenvalue weighted by Crippen LogP contribution is 2.33. The van der Waals surface area contributed by atoms with Crippen molar-refractivity contribution in [2.45, 2.75) is 90.4 Å². The molecule has 1 aromatic carbocycles. The van der Waals surface area contributed by atoms with Gasteiger partial charge >= 0.3 is 12.2 Å². The van der Waals surface area contributed by atoms with Crippen LogP contribution in [0.5, 0.6) is 5.75 Å². The minimum atomic E-state index is -1.11. The number of aromatic hydroxyl groups is 1. The molecule has 2 aliphatic rings. The molecule has 2 amide bonds. The zero-order valence-corrected chi connectivity index (χ0v) is 23.2. The molecule has 0 spiro atoms. The van der Waals surface area contributed by atoms with E-state index < -0.39 is 36.0 Å². The summed E-state index contributed by atoms with van der Waals surface area (Å²) >= 11 is 0. The van der Waals surface area contributed by atoms with Gasteiger partial charge in [-0.25, -0.2) is 9.59 Å². The molecule has 10 heteroatoms. The number of ether oxygens (including phenoxy) is 4. The van der Waals surface area contributed by atoms with Gasteiger partial charge in [-0.1, -0.05) is 38.8 Å². The van der Waals surface area contributed by atoms with Gasteiger partial charge in [-0.05, 0) is 57.2 Å². The SMILES string of the molecule is CCC(CC)CN(C[C@@H](O)[C@@H](Cc1ccc(O)cc1)NC(=O)O[C@H]1CO[C@H]2OCC[C@H]21)C(=O)OC(C)(C)C. The molecule has 0 saturated carbocycles. The van der Waals surface area contributed by atoms with Gasteiger partial charge in [0.05, 0.1) is 37.8 Å². The summed E-state index contributed by atoms with van der Waals surface area (Å²) in [7, 11) is 0. The van der Waals surface area contributed by atoms with Crippen LogP contribution in [-0.2, 0) is 25.4 Å². The highest BCUT2D eigenvalue weighted by Gasteiger charge is 2.44. The van der Waals surface area contributed by atoms with Crippen LogP contribution in [0, 0.1) is 11.8 Å². The Morgan fingerprint density at radius 1 is 1.13 bits per heavy atom. The van der Waals surface area contributed by atoms with Crippen molar-refractivity contribution in [3.8, 4) is 5.75 Å². The Kier molecular flexibility index (Phi) is 10.6. The fourth-order valence-corrected chi connectivity index (χ4v) is 4.80. The van der Waals surface area contributed by atoms with E-state index in [0.717, 1.165) is 24.8 Å². The summed E-state index contributed by atoms with van der Waals surface area (Å²) in [5.41, 5.74) is 0.108. The Balaban J connectivity index is 1.74. The van der Waals surface area contributed by atoms with Crippen molar-refractivity contribution in [2.75, 3.05) is 26.3 Å². The van der Waals surface area contributed by atoms with Crippen LogP contribution in [0.2, 0.25) is 0 Å². The smallest absolute Gasteiger partial charge is 0.410 e. The number of carbonyl (C=O) groups excluding carboxylic acids is 2. The number of alkyl carbamates (subject to hydrolysis) is 1. The van der Waals surface area contributed by atoms with E-state index in [1.165, 1.54) is 4.90 Å². The first-order chi connectivity index (χ1) is 18.0. The maximum atomic E-state index is 13.1. The Hall–Kier alpha value is -2.56. The molecule has 1 aromatic rings. The van der Waals surface area contributed by atoms with Crippen LogP contribution in [0.15, 0.2) is 24.3 Å². The lowest BCUT2D eigenvalue weighted by Crippen LogP contribution is -2.52. The molecule has 0 unspecified atom stereocenters. The number of nitrogens with zero attached hydrogens (tertiary/aromatic N) is 1. The molecule has 0 aromatic heterocycles. The minimum absolute atomic E-state index is 0.0103. The number of aliphatic hydroxyl groups excluding tert-OH is 1. The third kappa shape index (κ3) is 8.74. The number of rotatable bonds is 11. The van der Waals surface area contributed by atoms with Gasteiger partial charge in [0.2, 0.25) is 0 Å². The fourth-order valence-electron chi connectivity index (χ4n) is 4.80. The van der Waals surface area contributed by atoms with E-state index in [0.29, 0.717) is 13.2 Å². The third-order valence-electron chi connectivity index (χ3n) is 7.10. The lowest BCUT2D eigenvalue weighted by atomic mass is 9.99. The quantitative estimate of drug-likeness (QED) is 0.390. The van der Waals surface area contributed by atoms with Gasteiger partial charge in [0, 0.05) is 6.54 Å². The second-order valence-electron chi connectivity index (χ2n) is 11.2. The number of hydrogen-bond donors (Lipinski definition) is 3. The largest absolute Gasteiger partial charge is 0.508 e. The first-order valence-electron chi connectivity index (χ1n) is 13.6. The van der Waals surface area contributed by atoms with E-state index in [2.05, 4.69) is 19.2 Å². The summed E-state index contributed by atoms with van der Waals surface area (Å²) in [6.45, 7) is 10.8. The van der Waals surface area contributed by atoms with Crippen LogP contribution in [0.4, 0.5) is 9.59 Å². The van der Waals surface area contributed by atoms with Crippen LogP contribution >= 0.6 is 0 Å². The second-order valence-corrected chi connectivity index (χ2v) is 11.2. The van der Waals surface area contributed by atoms with Crippen LogP contribution < -0.4 is 5.32 Å². The Morgan fingerprint density at radius 2 is 1.82 bits per heavy atom. The predicted molar refractivity (Wildman–Crippen MR) is 141 cm³/mol. The zero-order valence-electron chi connectivity index (χ0n) is 23.2. The normalized spacial score (nSPS) is 22.6. The number of fused-ring (bicyclic) bond motifs is 1.